The molecule has 0 spiro atoms. The molecule has 3 aliphatic heterocycles. The summed E-state index contributed by atoms with van der Waals surface area (Å²) < 4.78 is 12.4. The summed E-state index contributed by atoms with van der Waals surface area (Å²) in [6.45, 7) is 27.5. The highest BCUT2D eigenvalue weighted by molar-refractivity contribution is 7.13. The third kappa shape index (κ3) is 10.7. The van der Waals surface area contributed by atoms with Crippen molar-refractivity contribution in [2.45, 2.75) is 124 Å². The van der Waals surface area contributed by atoms with Crippen molar-refractivity contribution in [1.82, 2.24) is 30.3 Å². The Hall–Kier alpha value is -5.81. The van der Waals surface area contributed by atoms with Crippen LogP contribution in [0.3, 0.4) is 0 Å². The molecule has 4 heterocycles. The van der Waals surface area contributed by atoms with E-state index in [0.717, 1.165) is 39.4 Å². The fourth-order valence-electron chi connectivity index (χ4n) is 11.2. The lowest BCUT2D eigenvalue weighted by Crippen LogP contribution is -2.74. The molecule has 8 rings (SSSR count). The number of β-amino-alcohol motifs (C(OH)–C–C–N with tert-alkyl or cyclic N) is 1. The summed E-state index contributed by atoms with van der Waals surface area (Å²) in [6.07, 6.45) is -0.486. The van der Waals surface area contributed by atoms with Crippen LogP contribution in [0.25, 0.3) is 15.3 Å². The zero-order valence-electron chi connectivity index (χ0n) is 42.0. The first kappa shape index (κ1) is 51.5. The highest BCUT2D eigenvalue weighted by atomic mass is 35.5. The number of amides is 4. The van der Waals surface area contributed by atoms with Gasteiger partial charge in [0.25, 0.3) is 5.91 Å². The van der Waals surface area contributed by atoms with Gasteiger partial charge in [-0.05, 0) is 66.3 Å². The Bertz CT molecular complexity index is 2780. The van der Waals surface area contributed by atoms with Gasteiger partial charge in [-0.2, -0.15) is 0 Å². The number of aliphatic hydroxyl groups excluding tert-OH is 1. The Morgan fingerprint density at radius 2 is 1.75 bits per heavy atom. The molecular formula is C55H64ClN7O7S. The van der Waals surface area contributed by atoms with Crippen LogP contribution in [-0.4, -0.2) is 118 Å². The normalized spacial score (nSPS) is 22.3. The molecule has 71 heavy (non-hydrogen) atoms. The summed E-state index contributed by atoms with van der Waals surface area (Å²) in [5.41, 5.74) is 6.19. The van der Waals surface area contributed by atoms with Crippen LogP contribution >= 0.6 is 22.9 Å². The SMILES string of the molecule is [C-]#[N+]c1ccc(OC2C(C)(C)C(N3Cc4cc(C#CCCN5CC(OCC(=O)NC(C(=O)N6C[C@H](O)C[C@H]6C(=O)N[C@@H](C)c6ccc(-c7scnc7C)cc6)C(C)(C)C)C5)ccc4C3=O)C2(C)C)cc1Cl. The fourth-order valence-corrected chi connectivity index (χ4v) is 12.3. The van der Waals surface area contributed by atoms with Gasteiger partial charge < -0.3 is 35.0 Å². The molecule has 3 N–H and O–H groups in total. The number of carbonyl (C=O) groups is 4. The molecule has 3 fully saturated rings. The van der Waals surface area contributed by atoms with Crippen LogP contribution in [0.4, 0.5) is 5.69 Å². The molecule has 4 amide bonds. The van der Waals surface area contributed by atoms with Gasteiger partial charge in [-0.3, -0.25) is 24.1 Å². The number of fused-ring (bicyclic) bond motifs is 1. The van der Waals surface area contributed by atoms with E-state index >= 15 is 0 Å². The summed E-state index contributed by atoms with van der Waals surface area (Å²) in [6, 6.07) is 16.6. The third-order valence-corrected chi connectivity index (χ3v) is 15.8. The van der Waals surface area contributed by atoms with Crippen molar-refractivity contribution in [3.63, 3.8) is 0 Å². The van der Waals surface area contributed by atoms with E-state index in [9.17, 15) is 24.3 Å². The molecule has 16 heteroatoms. The number of ether oxygens (including phenoxy) is 2. The van der Waals surface area contributed by atoms with E-state index in [2.05, 4.69) is 64.9 Å². The number of carbonyl (C=O) groups excluding carboxylic acids is 4. The van der Waals surface area contributed by atoms with E-state index in [1.54, 1.807) is 29.5 Å². The monoisotopic (exact) mass is 1000 g/mol. The predicted octanol–water partition coefficient (Wildman–Crippen LogP) is 7.97. The Kier molecular flexibility index (Phi) is 14.8. The Morgan fingerprint density at radius 3 is 2.39 bits per heavy atom. The van der Waals surface area contributed by atoms with Crippen LogP contribution in [0, 0.1) is 41.6 Å². The first-order chi connectivity index (χ1) is 33.6. The van der Waals surface area contributed by atoms with E-state index in [0.29, 0.717) is 48.1 Å². The molecular weight excluding hydrogens is 938 g/mol. The topological polar surface area (TPSA) is 158 Å². The summed E-state index contributed by atoms with van der Waals surface area (Å²) in [5, 5.41) is 16.9. The number of aliphatic hydroxyl groups is 1. The highest BCUT2D eigenvalue weighted by Crippen LogP contribution is 2.59. The second-order valence-electron chi connectivity index (χ2n) is 21.7. The molecule has 14 nitrogen and oxygen atoms in total. The van der Waals surface area contributed by atoms with E-state index < -0.39 is 35.4 Å². The molecule has 1 aliphatic carbocycles. The van der Waals surface area contributed by atoms with E-state index in [4.69, 9.17) is 27.6 Å². The maximum Gasteiger partial charge on any atom is 0.254 e. The Balaban J connectivity index is 0.775. The molecule has 374 valence electrons. The molecule has 0 bridgehead atoms. The van der Waals surface area contributed by atoms with Crippen molar-refractivity contribution < 1.29 is 33.8 Å². The van der Waals surface area contributed by atoms with Crippen LogP contribution < -0.4 is 15.4 Å². The summed E-state index contributed by atoms with van der Waals surface area (Å²) >= 11 is 7.88. The van der Waals surface area contributed by atoms with Crippen LogP contribution in [-0.2, 0) is 25.7 Å². The smallest absolute Gasteiger partial charge is 0.254 e. The number of halogens is 1. The minimum absolute atomic E-state index is 0.00726. The number of nitrogens with one attached hydrogen (secondary N) is 2. The number of rotatable bonds is 14. The molecule has 3 aromatic carbocycles. The number of likely N-dealkylation sites (tertiary alicyclic amines) is 2. The van der Waals surface area contributed by atoms with E-state index in [1.165, 1.54) is 4.90 Å². The lowest BCUT2D eigenvalue weighted by Gasteiger charge is -2.65. The summed E-state index contributed by atoms with van der Waals surface area (Å²) in [4.78, 5) is 69.4. The predicted molar refractivity (Wildman–Crippen MR) is 274 cm³/mol. The number of benzene rings is 3. The van der Waals surface area contributed by atoms with Gasteiger partial charge in [0.05, 0.1) is 45.9 Å². The van der Waals surface area contributed by atoms with Gasteiger partial charge in [-0.25, -0.2) is 9.83 Å². The number of aromatic nitrogens is 1. The zero-order chi connectivity index (χ0) is 51.2. The first-order valence-corrected chi connectivity index (χ1v) is 25.5. The lowest BCUT2D eigenvalue weighted by atomic mass is 9.49. The Labute approximate surface area is 426 Å². The lowest BCUT2D eigenvalue weighted by molar-refractivity contribution is -0.199. The van der Waals surface area contributed by atoms with Crippen LogP contribution in [0.1, 0.15) is 107 Å². The van der Waals surface area contributed by atoms with Gasteiger partial charge >= 0.3 is 0 Å². The van der Waals surface area contributed by atoms with Gasteiger partial charge in [-0.1, -0.05) is 102 Å². The van der Waals surface area contributed by atoms with Crippen molar-refractivity contribution in [3.8, 4) is 28.0 Å². The van der Waals surface area contributed by atoms with Gasteiger partial charge in [0.15, 0.2) is 0 Å². The van der Waals surface area contributed by atoms with Crippen LogP contribution in [0.2, 0.25) is 5.02 Å². The molecule has 4 aliphatic rings. The largest absolute Gasteiger partial charge is 0.489 e. The highest BCUT2D eigenvalue weighted by Gasteiger charge is 2.67. The molecule has 1 saturated carbocycles. The quantitative estimate of drug-likeness (QED) is 0.0842. The minimum atomic E-state index is -0.959. The van der Waals surface area contributed by atoms with Gasteiger partial charge in [0.1, 0.15) is 30.5 Å². The number of nitrogens with zero attached hydrogens (tertiary/aromatic N) is 5. The maximum absolute atomic E-state index is 14.1. The van der Waals surface area contributed by atoms with E-state index in [1.807, 2.05) is 87.5 Å². The van der Waals surface area contributed by atoms with Gasteiger partial charge in [-0.15, -0.1) is 11.3 Å². The van der Waals surface area contributed by atoms with E-state index in [-0.39, 0.29) is 66.5 Å². The first-order valence-electron chi connectivity index (χ1n) is 24.3. The van der Waals surface area contributed by atoms with Crippen LogP contribution in [0.15, 0.2) is 66.2 Å². The van der Waals surface area contributed by atoms with Crippen LogP contribution in [0.5, 0.6) is 5.75 Å². The molecule has 1 aromatic heterocycles. The van der Waals surface area contributed by atoms with Crippen molar-refractivity contribution in [1.29, 1.82) is 0 Å². The average molecular weight is 1000 g/mol. The zero-order valence-corrected chi connectivity index (χ0v) is 43.5. The number of thiazole rings is 1. The molecule has 2 saturated heterocycles. The van der Waals surface area contributed by atoms with Gasteiger partial charge in [0.2, 0.25) is 23.4 Å². The van der Waals surface area contributed by atoms with Crippen molar-refractivity contribution >= 4 is 52.3 Å². The Morgan fingerprint density at radius 1 is 1.03 bits per heavy atom. The summed E-state index contributed by atoms with van der Waals surface area (Å²) in [5.74, 6) is 5.94. The average Bonchev–Trinajstić information content (AvgIpc) is 4.01. The standard InChI is InChI=1S/C55H64ClN7O7S/c1-32(35-15-17-36(18-16-35)46-33(2)58-31-71-46)59-48(66)44-24-38(64)27-62(44)50(68)47(53(3,4)5)60-45(65)30-69-40-28-61(29-40)22-12-11-13-34-14-20-41-37(23-34)26-63(49(41)67)51-54(6,7)52(55(51,8)9)70-39-19-21-43(57-10)42(56)25-39/h14-21,23,25,31-32,38,40,44,47,51-52,64H,12,22,24,26-30H2,1-9H3,(H,59,66)(H,60,65)/t32-,38+,44-,47?,51?,52?/m0/s1. The second-order valence-corrected chi connectivity index (χ2v) is 23.0. The molecule has 4 atom stereocenters. The van der Waals surface area contributed by atoms with Crippen molar-refractivity contribution in [3.05, 3.63) is 111 Å². The van der Waals surface area contributed by atoms with Crippen molar-refractivity contribution in [2.24, 2.45) is 16.2 Å². The summed E-state index contributed by atoms with van der Waals surface area (Å²) in [7, 11) is 0. The maximum atomic E-state index is 14.1. The molecule has 4 aromatic rings. The molecule has 0 radical (unpaired) electrons. The number of aryl methyl sites for hydroxylation is 1. The van der Waals surface area contributed by atoms with Crippen molar-refractivity contribution in [2.75, 3.05) is 32.8 Å². The third-order valence-electron chi connectivity index (χ3n) is 14.5. The number of hydrogen-bond acceptors (Lipinski definition) is 10. The fraction of sp³-hybridized carbons (Fsp3) is 0.491. The number of hydrogen-bond donors (Lipinski definition) is 3. The van der Waals surface area contributed by atoms with Gasteiger partial charge in [0, 0.05) is 73.6 Å². The molecule has 1 unspecified atom stereocenters. The minimum Gasteiger partial charge on any atom is -0.489 e. The second kappa shape index (κ2) is 20.4.